The van der Waals surface area contributed by atoms with Crippen molar-refractivity contribution >= 4 is 0 Å². The third-order valence-electron chi connectivity index (χ3n) is 3.62. The monoisotopic (exact) mass is 258 g/mol. The van der Waals surface area contributed by atoms with Crippen LogP contribution in [0.3, 0.4) is 0 Å². The van der Waals surface area contributed by atoms with Gasteiger partial charge in [-0.05, 0) is 24.3 Å². The molecule has 2 unspecified atom stereocenters. The van der Waals surface area contributed by atoms with E-state index in [0.29, 0.717) is 5.92 Å². The fourth-order valence-corrected chi connectivity index (χ4v) is 2.38. The van der Waals surface area contributed by atoms with E-state index in [0.717, 1.165) is 25.1 Å². The summed E-state index contributed by atoms with van der Waals surface area (Å²) in [7, 11) is 1.99. The third-order valence-corrected chi connectivity index (χ3v) is 3.62. The van der Waals surface area contributed by atoms with E-state index in [2.05, 4.69) is 24.0 Å². The lowest BCUT2D eigenvalue weighted by Crippen LogP contribution is -2.13. The molecule has 0 saturated heterocycles. The minimum absolute atomic E-state index is 0.271. The molecule has 0 saturated carbocycles. The molecule has 0 aliphatic rings. The lowest BCUT2D eigenvalue weighted by Gasteiger charge is -2.16. The molecule has 1 aromatic carbocycles. The van der Waals surface area contributed by atoms with E-state index < -0.39 is 0 Å². The molecular formula is C16H22N2O. The molecule has 0 amide bonds. The van der Waals surface area contributed by atoms with Crippen LogP contribution in [0.25, 0.3) is 0 Å². The number of aliphatic hydroxyl groups is 1. The highest BCUT2D eigenvalue weighted by Gasteiger charge is 2.13. The Bertz CT molecular complexity index is 492. The van der Waals surface area contributed by atoms with Gasteiger partial charge in [0.25, 0.3) is 0 Å². The van der Waals surface area contributed by atoms with E-state index >= 15 is 0 Å². The van der Waals surface area contributed by atoms with Gasteiger partial charge in [0.2, 0.25) is 0 Å². The van der Waals surface area contributed by atoms with Crippen LogP contribution in [0.2, 0.25) is 0 Å². The van der Waals surface area contributed by atoms with Crippen LogP contribution in [0.4, 0.5) is 0 Å². The molecule has 1 aromatic heterocycles. The lowest BCUT2D eigenvalue weighted by molar-refractivity contribution is 0.147. The molecule has 102 valence electrons. The maximum Gasteiger partial charge on any atom is 0.108 e. The van der Waals surface area contributed by atoms with E-state index in [1.165, 1.54) is 5.56 Å². The zero-order chi connectivity index (χ0) is 13.7. The Morgan fingerprint density at radius 2 is 2.00 bits per heavy atom. The van der Waals surface area contributed by atoms with Crippen LogP contribution in [0.15, 0.2) is 42.7 Å². The van der Waals surface area contributed by atoms with Gasteiger partial charge < -0.3 is 9.67 Å². The molecule has 2 aromatic rings. The van der Waals surface area contributed by atoms with Crippen molar-refractivity contribution in [3.05, 3.63) is 54.1 Å². The zero-order valence-corrected chi connectivity index (χ0v) is 11.7. The van der Waals surface area contributed by atoms with Gasteiger partial charge in [0.1, 0.15) is 5.82 Å². The highest BCUT2D eigenvalue weighted by molar-refractivity contribution is 5.18. The smallest absolute Gasteiger partial charge is 0.108 e. The summed E-state index contributed by atoms with van der Waals surface area (Å²) in [6.07, 6.45) is 5.86. The third kappa shape index (κ3) is 3.93. The fourth-order valence-electron chi connectivity index (χ4n) is 2.38. The van der Waals surface area contributed by atoms with Crippen LogP contribution in [0.1, 0.15) is 37.1 Å². The Labute approximate surface area is 114 Å². The summed E-state index contributed by atoms with van der Waals surface area (Å²) >= 11 is 0. The number of rotatable bonds is 6. The number of benzene rings is 1. The van der Waals surface area contributed by atoms with Gasteiger partial charge in [0, 0.05) is 25.9 Å². The second-order valence-corrected chi connectivity index (χ2v) is 5.19. The first kappa shape index (κ1) is 13.8. The van der Waals surface area contributed by atoms with Gasteiger partial charge >= 0.3 is 0 Å². The standard InChI is InChI=1S/C16H22N2O/c1-13(14-6-4-3-5-7-14)12-15(19)8-9-16-17-10-11-18(16)2/h3-7,10-11,13,15,19H,8-9,12H2,1-2H3. The molecule has 2 rings (SSSR count). The van der Waals surface area contributed by atoms with Crippen molar-refractivity contribution < 1.29 is 5.11 Å². The molecule has 0 aliphatic carbocycles. The number of aromatic nitrogens is 2. The van der Waals surface area contributed by atoms with E-state index in [9.17, 15) is 5.11 Å². The van der Waals surface area contributed by atoms with E-state index in [1.54, 1.807) is 6.20 Å². The van der Waals surface area contributed by atoms with Gasteiger partial charge in [-0.25, -0.2) is 4.98 Å². The summed E-state index contributed by atoms with van der Waals surface area (Å²) < 4.78 is 2.01. The van der Waals surface area contributed by atoms with Crippen molar-refractivity contribution in [2.45, 2.75) is 38.2 Å². The van der Waals surface area contributed by atoms with E-state index in [1.807, 2.05) is 36.0 Å². The molecule has 0 spiro atoms. The van der Waals surface area contributed by atoms with Crippen molar-refractivity contribution in [2.75, 3.05) is 0 Å². The van der Waals surface area contributed by atoms with E-state index in [-0.39, 0.29) is 6.10 Å². The minimum atomic E-state index is -0.271. The molecule has 3 nitrogen and oxygen atoms in total. The van der Waals surface area contributed by atoms with E-state index in [4.69, 9.17) is 0 Å². The largest absolute Gasteiger partial charge is 0.393 e. The minimum Gasteiger partial charge on any atom is -0.393 e. The number of aryl methyl sites for hydroxylation is 2. The number of aliphatic hydroxyl groups excluding tert-OH is 1. The quantitative estimate of drug-likeness (QED) is 0.865. The summed E-state index contributed by atoms with van der Waals surface area (Å²) in [6.45, 7) is 2.17. The second-order valence-electron chi connectivity index (χ2n) is 5.19. The van der Waals surface area contributed by atoms with Crippen LogP contribution in [-0.4, -0.2) is 20.8 Å². The number of nitrogens with zero attached hydrogens (tertiary/aromatic N) is 2. The molecule has 0 radical (unpaired) electrons. The van der Waals surface area contributed by atoms with Gasteiger partial charge in [0.15, 0.2) is 0 Å². The molecule has 1 heterocycles. The first-order chi connectivity index (χ1) is 9.16. The number of hydrogen-bond donors (Lipinski definition) is 1. The fraction of sp³-hybridized carbons (Fsp3) is 0.438. The van der Waals surface area contributed by atoms with Gasteiger partial charge in [0.05, 0.1) is 6.10 Å². The number of hydrogen-bond acceptors (Lipinski definition) is 2. The molecule has 0 fully saturated rings. The number of imidazole rings is 1. The summed E-state index contributed by atoms with van der Waals surface area (Å²) in [4.78, 5) is 4.28. The Hall–Kier alpha value is -1.61. The molecule has 1 N–H and O–H groups in total. The van der Waals surface area contributed by atoms with Gasteiger partial charge in [-0.1, -0.05) is 37.3 Å². The van der Waals surface area contributed by atoms with Crippen molar-refractivity contribution in [2.24, 2.45) is 7.05 Å². The van der Waals surface area contributed by atoms with Gasteiger partial charge in [-0.2, -0.15) is 0 Å². The van der Waals surface area contributed by atoms with Crippen molar-refractivity contribution in [3.8, 4) is 0 Å². The molecule has 0 aliphatic heterocycles. The maximum atomic E-state index is 10.1. The Morgan fingerprint density at radius 1 is 1.26 bits per heavy atom. The molecule has 19 heavy (non-hydrogen) atoms. The van der Waals surface area contributed by atoms with Crippen LogP contribution >= 0.6 is 0 Å². The Kier molecular flexibility index (Phi) is 4.74. The molecular weight excluding hydrogens is 236 g/mol. The Balaban J connectivity index is 1.81. The zero-order valence-electron chi connectivity index (χ0n) is 11.7. The maximum absolute atomic E-state index is 10.1. The molecule has 3 heteroatoms. The predicted molar refractivity (Wildman–Crippen MR) is 77.0 cm³/mol. The molecule has 0 bridgehead atoms. The Morgan fingerprint density at radius 3 is 2.63 bits per heavy atom. The average Bonchev–Trinajstić information content (AvgIpc) is 2.83. The van der Waals surface area contributed by atoms with Crippen LogP contribution < -0.4 is 0 Å². The summed E-state index contributed by atoms with van der Waals surface area (Å²) in [5, 5.41) is 10.1. The highest BCUT2D eigenvalue weighted by atomic mass is 16.3. The van der Waals surface area contributed by atoms with Crippen LogP contribution in [0, 0.1) is 0 Å². The summed E-state index contributed by atoms with van der Waals surface area (Å²) in [5.41, 5.74) is 1.29. The molecule has 2 atom stereocenters. The lowest BCUT2D eigenvalue weighted by atomic mass is 9.93. The SMILES string of the molecule is CC(CC(O)CCc1nccn1C)c1ccccc1. The van der Waals surface area contributed by atoms with Gasteiger partial charge in [-0.15, -0.1) is 0 Å². The van der Waals surface area contributed by atoms with Crippen LogP contribution in [0.5, 0.6) is 0 Å². The first-order valence-corrected chi connectivity index (χ1v) is 6.86. The summed E-state index contributed by atoms with van der Waals surface area (Å²) in [5.74, 6) is 1.42. The van der Waals surface area contributed by atoms with Crippen LogP contribution in [-0.2, 0) is 13.5 Å². The first-order valence-electron chi connectivity index (χ1n) is 6.86. The van der Waals surface area contributed by atoms with Gasteiger partial charge in [-0.3, -0.25) is 0 Å². The normalized spacial score (nSPS) is 14.3. The van der Waals surface area contributed by atoms with Crippen molar-refractivity contribution in [3.63, 3.8) is 0 Å². The predicted octanol–water partition coefficient (Wildman–Crippen LogP) is 2.91. The van der Waals surface area contributed by atoms with Crippen molar-refractivity contribution in [1.29, 1.82) is 0 Å². The topological polar surface area (TPSA) is 38.1 Å². The van der Waals surface area contributed by atoms with Crippen molar-refractivity contribution in [1.82, 2.24) is 9.55 Å². The average molecular weight is 258 g/mol. The summed E-state index contributed by atoms with van der Waals surface area (Å²) in [6, 6.07) is 10.4. The highest BCUT2D eigenvalue weighted by Crippen LogP contribution is 2.21. The second kappa shape index (κ2) is 6.53.